The van der Waals surface area contributed by atoms with Gasteiger partial charge in [0.15, 0.2) is 11.5 Å². The molecule has 2 N–H and O–H groups in total. The van der Waals surface area contributed by atoms with E-state index in [9.17, 15) is 4.79 Å². The number of anilines is 2. The van der Waals surface area contributed by atoms with Gasteiger partial charge >= 0.3 is 0 Å². The summed E-state index contributed by atoms with van der Waals surface area (Å²) in [7, 11) is 8.53. The Labute approximate surface area is 174 Å². The van der Waals surface area contributed by atoms with Gasteiger partial charge in [0.1, 0.15) is 17.1 Å². The molecule has 0 saturated heterocycles. The normalized spacial score (nSPS) is 10.9. The van der Waals surface area contributed by atoms with Crippen LogP contribution in [0.5, 0.6) is 17.2 Å². The van der Waals surface area contributed by atoms with Crippen molar-refractivity contribution in [2.75, 3.05) is 53.8 Å². The lowest BCUT2D eigenvalue weighted by Crippen LogP contribution is -2.31. The molecule has 0 unspecified atom stereocenters. The number of methoxy groups -OCH3 is 3. The first kappa shape index (κ1) is 21.3. The van der Waals surface area contributed by atoms with Crippen molar-refractivity contribution in [3.05, 3.63) is 36.2 Å². The first-order valence-corrected chi connectivity index (χ1v) is 9.35. The van der Waals surface area contributed by atoms with Crippen LogP contribution in [-0.4, -0.2) is 64.3 Å². The number of carbonyl (C=O) groups excluding carboxylic acids is 1. The number of hydrogen-bond donors (Lipinski definition) is 2. The Morgan fingerprint density at radius 1 is 1.10 bits per heavy atom. The molecule has 0 fully saturated rings. The summed E-state index contributed by atoms with van der Waals surface area (Å²) < 4.78 is 21.7. The molecule has 0 radical (unpaired) electrons. The van der Waals surface area contributed by atoms with Crippen LogP contribution in [0, 0.1) is 0 Å². The van der Waals surface area contributed by atoms with Crippen LogP contribution in [-0.2, 0) is 0 Å². The van der Waals surface area contributed by atoms with Gasteiger partial charge in [0, 0.05) is 37.0 Å². The molecule has 0 atom stereocenters. The van der Waals surface area contributed by atoms with Crippen LogP contribution in [0.25, 0.3) is 11.0 Å². The lowest BCUT2D eigenvalue weighted by Gasteiger charge is -2.15. The van der Waals surface area contributed by atoms with Gasteiger partial charge < -0.3 is 34.2 Å². The van der Waals surface area contributed by atoms with Gasteiger partial charge in [0.2, 0.25) is 5.75 Å². The molecular weight excluding hydrogens is 388 g/mol. The molecule has 30 heavy (non-hydrogen) atoms. The van der Waals surface area contributed by atoms with E-state index in [-0.39, 0.29) is 11.6 Å². The number of pyridine rings is 1. The van der Waals surface area contributed by atoms with E-state index in [1.165, 1.54) is 0 Å². The number of aromatic nitrogens is 1. The summed E-state index contributed by atoms with van der Waals surface area (Å²) in [5.41, 5.74) is 1.47. The lowest BCUT2D eigenvalue weighted by atomic mass is 10.2. The number of likely N-dealkylation sites (N-methyl/N-ethyl adjacent to an activating group) is 1. The Balaban J connectivity index is 1.94. The van der Waals surface area contributed by atoms with Crippen molar-refractivity contribution in [2.45, 2.75) is 0 Å². The van der Waals surface area contributed by atoms with Crippen LogP contribution < -0.4 is 24.8 Å². The average Bonchev–Trinajstić information content (AvgIpc) is 3.21. The highest BCUT2D eigenvalue weighted by Crippen LogP contribution is 2.41. The molecule has 0 aliphatic carbocycles. The number of amides is 1. The summed E-state index contributed by atoms with van der Waals surface area (Å²) in [5, 5.41) is 6.83. The quantitative estimate of drug-likeness (QED) is 0.552. The second-order valence-electron chi connectivity index (χ2n) is 6.79. The van der Waals surface area contributed by atoms with E-state index in [1.807, 2.05) is 19.0 Å². The van der Waals surface area contributed by atoms with Gasteiger partial charge in [0.05, 0.1) is 33.0 Å². The zero-order valence-electron chi connectivity index (χ0n) is 17.7. The molecule has 1 aromatic carbocycles. The van der Waals surface area contributed by atoms with Gasteiger partial charge in [0.25, 0.3) is 5.91 Å². The Bertz CT molecular complexity index is 1010. The highest BCUT2D eigenvalue weighted by Gasteiger charge is 2.17. The van der Waals surface area contributed by atoms with Gasteiger partial charge in [-0.1, -0.05) is 0 Å². The van der Waals surface area contributed by atoms with E-state index in [0.717, 1.165) is 11.9 Å². The van der Waals surface area contributed by atoms with E-state index < -0.39 is 0 Å². The number of rotatable bonds is 9. The summed E-state index contributed by atoms with van der Waals surface area (Å²) in [6.45, 7) is 1.24. The summed E-state index contributed by atoms with van der Waals surface area (Å²) in [6.07, 6.45) is 1.56. The van der Waals surface area contributed by atoms with Crippen molar-refractivity contribution in [3.63, 3.8) is 0 Å². The Morgan fingerprint density at radius 2 is 1.80 bits per heavy atom. The zero-order valence-corrected chi connectivity index (χ0v) is 17.7. The average molecular weight is 414 g/mol. The van der Waals surface area contributed by atoms with Gasteiger partial charge in [-0.15, -0.1) is 0 Å². The summed E-state index contributed by atoms with van der Waals surface area (Å²) >= 11 is 0. The predicted molar refractivity (Wildman–Crippen MR) is 114 cm³/mol. The van der Waals surface area contributed by atoms with E-state index in [0.29, 0.717) is 40.9 Å². The monoisotopic (exact) mass is 414 g/mol. The molecule has 160 valence electrons. The molecule has 0 aliphatic heterocycles. The van der Waals surface area contributed by atoms with E-state index in [4.69, 9.17) is 18.6 Å². The summed E-state index contributed by atoms with van der Waals surface area (Å²) in [6, 6.07) is 6.94. The molecule has 3 rings (SSSR count). The Hall–Kier alpha value is -3.46. The van der Waals surface area contributed by atoms with Crippen LogP contribution in [0.3, 0.4) is 0 Å². The first-order chi connectivity index (χ1) is 14.5. The van der Waals surface area contributed by atoms with Crippen molar-refractivity contribution in [1.82, 2.24) is 15.2 Å². The number of hydrogen-bond acceptors (Lipinski definition) is 8. The smallest absolute Gasteiger partial charge is 0.270 e. The minimum absolute atomic E-state index is 0.256. The van der Waals surface area contributed by atoms with Crippen molar-refractivity contribution < 1.29 is 23.4 Å². The molecule has 9 heteroatoms. The van der Waals surface area contributed by atoms with E-state index in [2.05, 4.69) is 15.6 Å². The second-order valence-corrected chi connectivity index (χ2v) is 6.79. The fraction of sp³-hybridized carbons (Fsp3) is 0.333. The standard InChI is InChI=1S/C21H26N4O5/c1-25(2)8-7-22-21(26)15-12-16-14(6-9-30-16)20(24-15)23-13-10-17(27-3)19(29-5)18(11-13)28-4/h6,9-12H,7-8H2,1-5H3,(H,22,26)(H,23,24). The SMILES string of the molecule is COc1cc(Nc2nc(C(=O)NCCN(C)C)cc3occc23)cc(OC)c1OC. The molecule has 2 aromatic heterocycles. The molecule has 0 saturated carbocycles. The van der Waals surface area contributed by atoms with Crippen molar-refractivity contribution in [2.24, 2.45) is 0 Å². The van der Waals surface area contributed by atoms with Gasteiger partial charge in [-0.3, -0.25) is 4.79 Å². The number of benzene rings is 1. The second kappa shape index (κ2) is 9.36. The number of ether oxygens (including phenoxy) is 3. The van der Waals surface area contributed by atoms with Crippen molar-refractivity contribution >= 4 is 28.4 Å². The van der Waals surface area contributed by atoms with Crippen LogP contribution in [0.2, 0.25) is 0 Å². The van der Waals surface area contributed by atoms with Gasteiger partial charge in [-0.25, -0.2) is 4.98 Å². The summed E-state index contributed by atoms with van der Waals surface area (Å²) in [5.74, 6) is 1.69. The van der Waals surface area contributed by atoms with Crippen molar-refractivity contribution in [1.29, 1.82) is 0 Å². The third-order valence-corrected chi connectivity index (χ3v) is 4.46. The van der Waals surface area contributed by atoms with Crippen LogP contribution in [0.15, 0.2) is 34.9 Å². The lowest BCUT2D eigenvalue weighted by molar-refractivity contribution is 0.0946. The van der Waals surface area contributed by atoms with Crippen molar-refractivity contribution in [3.8, 4) is 17.2 Å². The minimum Gasteiger partial charge on any atom is -0.493 e. The molecule has 2 heterocycles. The van der Waals surface area contributed by atoms with Crippen LogP contribution in [0.1, 0.15) is 10.5 Å². The fourth-order valence-electron chi connectivity index (χ4n) is 2.95. The molecule has 9 nitrogen and oxygen atoms in total. The van der Waals surface area contributed by atoms with Crippen LogP contribution >= 0.6 is 0 Å². The highest BCUT2D eigenvalue weighted by molar-refractivity contribution is 5.99. The maximum atomic E-state index is 12.6. The van der Waals surface area contributed by atoms with Crippen LogP contribution in [0.4, 0.5) is 11.5 Å². The van der Waals surface area contributed by atoms with E-state index in [1.54, 1.807) is 51.9 Å². The number of fused-ring (bicyclic) bond motifs is 1. The fourth-order valence-corrected chi connectivity index (χ4v) is 2.95. The molecule has 3 aromatic rings. The Kier molecular flexibility index (Phi) is 6.63. The summed E-state index contributed by atoms with van der Waals surface area (Å²) in [4.78, 5) is 19.1. The first-order valence-electron chi connectivity index (χ1n) is 9.35. The predicted octanol–water partition coefficient (Wildman–Crippen LogP) is 2.89. The molecule has 0 aliphatic rings. The highest BCUT2D eigenvalue weighted by atomic mass is 16.5. The molecule has 0 bridgehead atoms. The zero-order chi connectivity index (χ0) is 21.7. The number of nitrogens with zero attached hydrogens (tertiary/aromatic N) is 2. The Morgan fingerprint density at radius 3 is 2.40 bits per heavy atom. The third-order valence-electron chi connectivity index (χ3n) is 4.46. The maximum absolute atomic E-state index is 12.6. The third kappa shape index (κ3) is 4.57. The number of carbonyl (C=O) groups is 1. The van der Waals surface area contributed by atoms with Gasteiger partial charge in [-0.2, -0.15) is 0 Å². The molecule has 1 amide bonds. The minimum atomic E-state index is -0.275. The number of nitrogens with one attached hydrogen (secondary N) is 2. The molecular formula is C21H26N4O5. The number of furan rings is 1. The topological polar surface area (TPSA) is 98.1 Å². The van der Waals surface area contributed by atoms with E-state index >= 15 is 0 Å². The van der Waals surface area contributed by atoms with Gasteiger partial charge in [-0.05, 0) is 20.2 Å². The largest absolute Gasteiger partial charge is 0.493 e. The molecule has 0 spiro atoms. The maximum Gasteiger partial charge on any atom is 0.270 e.